The normalized spacial score (nSPS) is 15.7. The summed E-state index contributed by atoms with van der Waals surface area (Å²) in [5, 5.41) is 0.514. The number of rotatable bonds is 3. The van der Waals surface area contributed by atoms with Crippen molar-refractivity contribution in [3.8, 4) is 0 Å². The number of hydrogen-bond donors (Lipinski definition) is 0. The molecule has 0 heterocycles. The Morgan fingerprint density at radius 2 is 2.56 bits per heavy atom. The minimum atomic E-state index is -2.44. The van der Waals surface area contributed by atoms with Gasteiger partial charge in [0.1, 0.15) is 0 Å². The van der Waals surface area contributed by atoms with Crippen molar-refractivity contribution in [3.05, 3.63) is 11.1 Å². The SMILES string of the molecule is CC(Cl)=CCOS(=O)[O-]. The second-order valence-electron chi connectivity index (χ2n) is 1.28. The van der Waals surface area contributed by atoms with Crippen molar-refractivity contribution in [2.45, 2.75) is 6.92 Å². The van der Waals surface area contributed by atoms with Crippen LogP contribution in [0.1, 0.15) is 6.92 Å². The van der Waals surface area contributed by atoms with Crippen LogP contribution in [0, 0.1) is 0 Å². The van der Waals surface area contributed by atoms with E-state index in [4.69, 9.17) is 11.6 Å². The van der Waals surface area contributed by atoms with Gasteiger partial charge in [0, 0.05) is 5.03 Å². The smallest absolute Gasteiger partial charge is 0.0845 e. The number of hydrogen-bond acceptors (Lipinski definition) is 3. The molecule has 0 aromatic heterocycles. The lowest BCUT2D eigenvalue weighted by atomic mass is 10.6. The molecule has 0 radical (unpaired) electrons. The molecule has 9 heavy (non-hydrogen) atoms. The molecule has 0 aromatic rings. The molecule has 1 unspecified atom stereocenters. The third kappa shape index (κ3) is 8.10. The van der Waals surface area contributed by atoms with Crippen molar-refractivity contribution in [1.82, 2.24) is 0 Å². The molecule has 0 aliphatic carbocycles. The van der Waals surface area contributed by atoms with Crippen LogP contribution in [0.25, 0.3) is 0 Å². The highest BCUT2D eigenvalue weighted by Gasteiger charge is 1.81. The molecule has 3 nitrogen and oxygen atoms in total. The standard InChI is InChI=1S/C4H7ClO3S/c1-4(5)2-3-8-9(6)7/h2H,3H2,1H3,(H,6,7)/p-1. The molecule has 0 saturated heterocycles. The molecular formula is C4H6ClO3S-. The lowest BCUT2D eigenvalue weighted by Crippen LogP contribution is -1.94. The van der Waals surface area contributed by atoms with Crippen LogP contribution in [0.4, 0.5) is 0 Å². The van der Waals surface area contributed by atoms with Crippen molar-refractivity contribution >= 4 is 23.0 Å². The second kappa shape index (κ2) is 4.93. The maximum Gasteiger partial charge on any atom is 0.0845 e. The van der Waals surface area contributed by atoms with Gasteiger partial charge in [-0.25, -0.2) is 4.21 Å². The summed E-state index contributed by atoms with van der Waals surface area (Å²) in [4.78, 5) is 0. The van der Waals surface area contributed by atoms with Gasteiger partial charge in [-0.2, -0.15) is 0 Å². The third-order valence-electron chi connectivity index (χ3n) is 0.529. The summed E-state index contributed by atoms with van der Waals surface area (Å²) in [5.74, 6) is 0. The van der Waals surface area contributed by atoms with Gasteiger partial charge in [-0.05, 0) is 13.0 Å². The summed E-state index contributed by atoms with van der Waals surface area (Å²) in [7, 11) is 0. The number of halogens is 1. The predicted molar refractivity (Wildman–Crippen MR) is 34.5 cm³/mol. The van der Waals surface area contributed by atoms with E-state index in [-0.39, 0.29) is 6.61 Å². The predicted octanol–water partition coefficient (Wildman–Crippen LogP) is 0.940. The molecule has 0 aliphatic rings. The van der Waals surface area contributed by atoms with Gasteiger partial charge in [-0.3, -0.25) is 4.18 Å². The van der Waals surface area contributed by atoms with E-state index in [0.29, 0.717) is 5.03 Å². The van der Waals surface area contributed by atoms with Gasteiger partial charge in [-0.1, -0.05) is 11.6 Å². The summed E-state index contributed by atoms with van der Waals surface area (Å²) in [6.45, 7) is 1.64. The van der Waals surface area contributed by atoms with Crippen LogP contribution in [-0.4, -0.2) is 15.4 Å². The molecular weight excluding hydrogens is 164 g/mol. The van der Waals surface area contributed by atoms with Gasteiger partial charge < -0.3 is 4.55 Å². The van der Waals surface area contributed by atoms with Crippen molar-refractivity contribution in [1.29, 1.82) is 0 Å². The Morgan fingerprint density at radius 3 is 2.89 bits per heavy atom. The molecule has 0 fully saturated rings. The average Bonchev–Trinajstić information content (AvgIpc) is 1.63. The quantitative estimate of drug-likeness (QED) is 0.591. The Labute approximate surface area is 61.1 Å². The summed E-state index contributed by atoms with van der Waals surface area (Å²) in [6.07, 6.45) is 1.46. The molecule has 0 aromatic carbocycles. The van der Waals surface area contributed by atoms with Crippen molar-refractivity contribution in [2.24, 2.45) is 0 Å². The molecule has 0 rings (SSSR count). The maximum absolute atomic E-state index is 9.69. The molecule has 1 atom stereocenters. The Kier molecular flexibility index (Phi) is 4.99. The first-order chi connectivity index (χ1) is 4.13. The summed E-state index contributed by atoms with van der Waals surface area (Å²) < 4.78 is 23.5. The first-order valence-corrected chi connectivity index (χ1v) is 3.55. The van der Waals surface area contributed by atoms with Gasteiger partial charge in [0.15, 0.2) is 0 Å². The fourth-order valence-corrected chi connectivity index (χ4v) is 0.447. The van der Waals surface area contributed by atoms with E-state index in [0.717, 1.165) is 0 Å². The molecule has 0 aliphatic heterocycles. The molecule has 54 valence electrons. The average molecular weight is 170 g/mol. The van der Waals surface area contributed by atoms with Crippen molar-refractivity contribution < 1.29 is 12.9 Å². The van der Waals surface area contributed by atoms with Crippen molar-refractivity contribution in [2.75, 3.05) is 6.61 Å². The molecule has 0 amide bonds. The lowest BCUT2D eigenvalue weighted by molar-refractivity contribution is 0.334. The Morgan fingerprint density at radius 1 is 2.00 bits per heavy atom. The van der Waals surface area contributed by atoms with Crippen LogP contribution in [0.3, 0.4) is 0 Å². The maximum atomic E-state index is 9.69. The summed E-state index contributed by atoms with van der Waals surface area (Å²) in [6, 6.07) is 0. The molecule has 0 bridgehead atoms. The first-order valence-electron chi connectivity index (χ1n) is 2.17. The minimum absolute atomic E-state index is 0.00540. The second-order valence-corrected chi connectivity index (χ2v) is 2.52. The largest absolute Gasteiger partial charge is 0.750 e. The molecule has 0 spiro atoms. The van der Waals surface area contributed by atoms with Gasteiger partial charge in [-0.15, -0.1) is 0 Å². The fourth-order valence-electron chi connectivity index (χ4n) is 0.204. The van der Waals surface area contributed by atoms with E-state index in [2.05, 4.69) is 4.18 Å². The lowest BCUT2D eigenvalue weighted by Gasteiger charge is -2.00. The highest BCUT2D eigenvalue weighted by Crippen LogP contribution is 1.96. The van der Waals surface area contributed by atoms with Crippen molar-refractivity contribution in [3.63, 3.8) is 0 Å². The van der Waals surface area contributed by atoms with Crippen LogP contribution in [0.2, 0.25) is 0 Å². The zero-order chi connectivity index (χ0) is 7.28. The van der Waals surface area contributed by atoms with Crippen LogP contribution >= 0.6 is 11.6 Å². The molecule has 0 N–H and O–H groups in total. The minimum Gasteiger partial charge on any atom is -0.750 e. The van der Waals surface area contributed by atoms with E-state index >= 15 is 0 Å². The Bertz CT molecular complexity index is 130. The zero-order valence-corrected chi connectivity index (χ0v) is 6.37. The topological polar surface area (TPSA) is 49.4 Å². The van der Waals surface area contributed by atoms with Gasteiger partial charge in [0.2, 0.25) is 0 Å². The Balaban J connectivity index is 3.31. The van der Waals surface area contributed by atoms with Gasteiger partial charge >= 0.3 is 0 Å². The van der Waals surface area contributed by atoms with E-state index < -0.39 is 11.4 Å². The van der Waals surface area contributed by atoms with E-state index in [1.54, 1.807) is 6.92 Å². The molecule has 5 heteroatoms. The van der Waals surface area contributed by atoms with Gasteiger partial charge in [0.05, 0.1) is 18.0 Å². The third-order valence-corrected chi connectivity index (χ3v) is 1.01. The van der Waals surface area contributed by atoms with E-state index in [9.17, 15) is 8.76 Å². The van der Waals surface area contributed by atoms with Crippen LogP contribution < -0.4 is 0 Å². The highest BCUT2D eigenvalue weighted by atomic mass is 35.5. The fraction of sp³-hybridized carbons (Fsp3) is 0.500. The van der Waals surface area contributed by atoms with Crippen LogP contribution in [0.5, 0.6) is 0 Å². The number of allylic oxidation sites excluding steroid dienone is 1. The first kappa shape index (κ1) is 9.10. The van der Waals surface area contributed by atoms with Crippen LogP contribution in [-0.2, 0) is 15.5 Å². The van der Waals surface area contributed by atoms with E-state index in [1.807, 2.05) is 0 Å². The monoisotopic (exact) mass is 169 g/mol. The Hall–Kier alpha value is 0.1000. The summed E-state index contributed by atoms with van der Waals surface area (Å²) in [5.41, 5.74) is 0. The highest BCUT2D eigenvalue weighted by molar-refractivity contribution is 7.74. The van der Waals surface area contributed by atoms with E-state index in [1.165, 1.54) is 6.08 Å². The van der Waals surface area contributed by atoms with Gasteiger partial charge in [0.25, 0.3) is 0 Å². The molecule has 0 saturated carbocycles. The van der Waals surface area contributed by atoms with Crippen LogP contribution in [0.15, 0.2) is 11.1 Å². The summed E-state index contributed by atoms with van der Waals surface area (Å²) >= 11 is 2.91. The zero-order valence-electron chi connectivity index (χ0n) is 4.80.